The van der Waals surface area contributed by atoms with Gasteiger partial charge in [-0.3, -0.25) is 14.3 Å². The van der Waals surface area contributed by atoms with Gasteiger partial charge in [-0.25, -0.2) is 0 Å². The lowest BCUT2D eigenvalue weighted by Crippen LogP contribution is -2.36. The lowest BCUT2D eigenvalue weighted by molar-refractivity contribution is -0.125. The number of aromatic nitrogens is 2. The molecular weight excluding hydrogens is 328 g/mol. The van der Waals surface area contributed by atoms with Crippen LogP contribution in [0.2, 0.25) is 0 Å². The second kappa shape index (κ2) is 7.80. The van der Waals surface area contributed by atoms with E-state index in [2.05, 4.69) is 41.2 Å². The van der Waals surface area contributed by atoms with Crippen LogP contribution >= 0.6 is 0 Å². The van der Waals surface area contributed by atoms with Gasteiger partial charge in [0.25, 0.3) is 0 Å². The van der Waals surface area contributed by atoms with Gasteiger partial charge >= 0.3 is 0 Å². The lowest BCUT2D eigenvalue weighted by atomic mass is 9.92. The van der Waals surface area contributed by atoms with Gasteiger partial charge in [0, 0.05) is 30.1 Å². The van der Waals surface area contributed by atoms with Crippen LogP contribution < -0.4 is 10.6 Å². The smallest absolute Gasteiger partial charge is 0.223 e. The van der Waals surface area contributed by atoms with Gasteiger partial charge in [-0.2, -0.15) is 5.10 Å². The molecule has 0 aliphatic heterocycles. The van der Waals surface area contributed by atoms with Crippen LogP contribution in [0.4, 0.5) is 0 Å². The molecule has 0 unspecified atom stereocenters. The third-order valence-electron chi connectivity index (χ3n) is 5.53. The molecule has 1 aromatic rings. The van der Waals surface area contributed by atoms with E-state index >= 15 is 0 Å². The van der Waals surface area contributed by atoms with Crippen molar-refractivity contribution in [2.75, 3.05) is 6.54 Å². The van der Waals surface area contributed by atoms with E-state index in [9.17, 15) is 9.59 Å². The van der Waals surface area contributed by atoms with Crippen LogP contribution in [0.1, 0.15) is 83.0 Å². The summed E-state index contributed by atoms with van der Waals surface area (Å²) in [6.45, 7) is 6.86. The summed E-state index contributed by atoms with van der Waals surface area (Å²) in [5.74, 6) is 0.266. The number of amides is 2. The highest BCUT2D eigenvalue weighted by atomic mass is 16.2. The first kappa shape index (κ1) is 18.9. The molecule has 0 radical (unpaired) electrons. The number of hydrogen-bond donors (Lipinski definition) is 2. The molecule has 0 spiro atoms. The van der Waals surface area contributed by atoms with E-state index in [-0.39, 0.29) is 29.3 Å². The van der Waals surface area contributed by atoms with Crippen molar-refractivity contribution >= 4 is 11.8 Å². The van der Waals surface area contributed by atoms with Crippen molar-refractivity contribution in [1.29, 1.82) is 0 Å². The Morgan fingerprint density at radius 2 is 1.92 bits per heavy atom. The molecule has 3 rings (SSSR count). The fourth-order valence-corrected chi connectivity index (χ4v) is 4.18. The third-order valence-corrected chi connectivity index (χ3v) is 5.53. The summed E-state index contributed by atoms with van der Waals surface area (Å²) in [6.07, 6.45) is 9.51. The van der Waals surface area contributed by atoms with E-state index in [1.54, 1.807) is 0 Å². The summed E-state index contributed by atoms with van der Waals surface area (Å²) in [4.78, 5) is 24.4. The second-order valence-corrected chi connectivity index (χ2v) is 8.66. The van der Waals surface area contributed by atoms with Crippen LogP contribution in [0.15, 0.2) is 6.20 Å². The molecule has 2 aliphatic carbocycles. The zero-order valence-corrected chi connectivity index (χ0v) is 16.3. The number of carbonyl (C=O) groups excluding carboxylic acids is 2. The molecule has 26 heavy (non-hydrogen) atoms. The first-order chi connectivity index (χ1) is 12.4. The zero-order valence-electron chi connectivity index (χ0n) is 16.3. The van der Waals surface area contributed by atoms with Crippen LogP contribution in [-0.4, -0.2) is 28.1 Å². The van der Waals surface area contributed by atoms with Crippen molar-refractivity contribution in [2.45, 2.75) is 83.7 Å². The Morgan fingerprint density at radius 1 is 1.19 bits per heavy atom. The quantitative estimate of drug-likeness (QED) is 0.848. The molecule has 0 saturated heterocycles. The van der Waals surface area contributed by atoms with E-state index in [1.165, 1.54) is 5.69 Å². The van der Waals surface area contributed by atoms with Gasteiger partial charge in [-0.15, -0.1) is 0 Å². The second-order valence-electron chi connectivity index (χ2n) is 8.66. The Balaban J connectivity index is 1.51. The molecule has 0 bridgehead atoms. The standard InChI is InChI=1S/C20H32N4O2/c1-20(2,3)24-17-10-6-9-16(15(17)13-22-24)23-18(25)11-12-21-19(26)14-7-4-5-8-14/h13-14,16H,4-12H2,1-3H3,(H,21,26)(H,23,25)/t16-/m1/s1. The monoisotopic (exact) mass is 360 g/mol. The molecule has 6 heteroatoms. The normalized spacial score (nSPS) is 20.7. The van der Waals surface area contributed by atoms with Gasteiger partial charge < -0.3 is 10.6 Å². The van der Waals surface area contributed by atoms with E-state index in [4.69, 9.17) is 0 Å². The fraction of sp³-hybridized carbons (Fsp3) is 0.750. The van der Waals surface area contributed by atoms with E-state index in [1.807, 2.05) is 6.20 Å². The van der Waals surface area contributed by atoms with Gasteiger partial charge in [0.05, 0.1) is 17.8 Å². The number of rotatable bonds is 5. The topological polar surface area (TPSA) is 76.0 Å². The highest BCUT2D eigenvalue weighted by molar-refractivity contribution is 5.80. The molecule has 2 aliphatic rings. The molecule has 0 aromatic carbocycles. The summed E-state index contributed by atoms with van der Waals surface area (Å²) in [7, 11) is 0. The largest absolute Gasteiger partial charge is 0.355 e. The summed E-state index contributed by atoms with van der Waals surface area (Å²) < 4.78 is 2.09. The number of carbonyl (C=O) groups is 2. The Morgan fingerprint density at radius 3 is 2.62 bits per heavy atom. The predicted octanol–water partition coefficient (Wildman–Crippen LogP) is 2.83. The summed E-state index contributed by atoms with van der Waals surface area (Å²) in [5.41, 5.74) is 2.34. The van der Waals surface area contributed by atoms with E-state index < -0.39 is 0 Å². The van der Waals surface area contributed by atoms with Gasteiger partial charge in [-0.05, 0) is 52.9 Å². The van der Waals surface area contributed by atoms with Gasteiger partial charge in [0.1, 0.15) is 0 Å². The first-order valence-corrected chi connectivity index (χ1v) is 10.0. The van der Waals surface area contributed by atoms with Crippen molar-refractivity contribution < 1.29 is 9.59 Å². The van der Waals surface area contributed by atoms with Crippen molar-refractivity contribution in [3.8, 4) is 0 Å². The summed E-state index contributed by atoms with van der Waals surface area (Å²) >= 11 is 0. The van der Waals surface area contributed by atoms with Gasteiger partial charge in [-0.1, -0.05) is 12.8 Å². The Hall–Kier alpha value is -1.85. The molecule has 1 fully saturated rings. The van der Waals surface area contributed by atoms with Crippen LogP contribution in [0.3, 0.4) is 0 Å². The molecule has 1 aromatic heterocycles. The first-order valence-electron chi connectivity index (χ1n) is 10.0. The fourth-order valence-electron chi connectivity index (χ4n) is 4.18. The molecule has 2 amide bonds. The number of nitrogens with zero attached hydrogens (tertiary/aromatic N) is 2. The van der Waals surface area contributed by atoms with E-state index in [0.29, 0.717) is 13.0 Å². The maximum atomic E-state index is 12.3. The van der Waals surface area contributed by atoms with Crippen molar-refractivity contribution in [3.05, 3.63) is 17.5 Å². The highest BCUT2D eigenvalue weighted by Gasteiger charge is 2.29. The minimum atomic E-state index is -0.0516. The molecule has 2 N–H and O–H groups in total. The Labute approximate surface area is 156 Å². The predicted molar refractivity (Wildman–Crippen MR) is 101 cm³/mol. The highest BCUT2D eigenvalue weighted by Crippen LogP contribution is 2.32. The Bertz CT molecular complexity index is 653. The lowest BCUT2D eigenvalue weighted by Gasteiger charge is -2.28. The molecule has 1 saturated carbocycles. The van der Waals surface area contributed by atoms with Gasteiger partial charge in [0.15, 0.2) is 0 Å². The van der Waals surface area contributed by atoms with Gasteiger partial charge in [0.2, 0.25) is 11.8 Å². The molecule has 1 atom stereocenters. The van der Waals surface area contributed by atoms with Crippen molar-refractivity contribution in [3.63, 3.8) is 0 Å². The van der Waals surface area contributed by atoms with Crippen LogP contribution in [0.5, 0.6) is 0 Å². The maximum absolute atomic E-state index is 12.3. The SMILES string of the molecule is CC(C)(C)n1ncc2c1CCC[C@H]2NC(=O)CCNC(=O)C1CCCC1. The van der Waals surface area contributed by atoms with Crippen LogP contribution in [-0.2, 0) is 21.5 Å². The van der Waals surface area contributed by atoms with E-state index in [0.717, 1.165) is 50.5 Å². The third kappa shape index (κ3) is 4.27. The van der Waals surface area contributed by atoms with Crippen LogP contribution in [0, 0.1) is 5.92 Å². The average molecular weight is 361 g/mol. The number of hydrogen-bond acceptors (Lipinski definition) is 3. The number of nitrogens with one attached hydrogen (secondary N) is 2. The molecular formula is C20H32N4O2. The Kier molecular flexibility index (Phi) is 5.68. The van der Waals surface area contributed by atoms with Crippen LogP contribution in [0.25, 0.3) is 0 Å². The summed E-state index contributed by atoms with van der Waals surface area (Å²) in [5, 5.41) is 10.6. The minimum absolute atomic E-state index is 0.00178. The molecule has 144 valence electrons. The average Bonchev–Trinajstić information content (AvgIpc) is 3.24. The maximum Gasteiger partial charge on any atom is 0.223 e. The van der Waals surface area contributed by atoms with Crippen molar-refractivity contribution in [2.24, 2.45) is 5.92 Å². The zero-order chi connectivity index (χ0) is 18.7. The molecule has 1 heterocycles. The van der Waals surface area contributed by atoms with Crippen molar-refractivity contribution in [1.82, 2.24) is 20.4 Å². The number of fused-ring (bicyclic) bond motifs is 1. The molecule has 6 nitrogen and oxygen atoms in total. The summed E-state index contributed by atoms with van der Waals surface area (Å²) in [6, 6.07) is 0.0351. The minimum Gasteiger partial charge on any atom is -0.355 e.